The second kappa shape index (κ2) is 27.5. The molecule has 21 heteroatoms. The van der Waals surface area contributed by atoms with Gasteiger partial charge < -0.3 is 50.2 Å². The van der Waals surface area contributed by atoms with E-state index in [1.54, 1.807) is 6.20 Å². The van der Waals surface area contributed by atoms with Gasteiger partial charge in [-0.1, -0.05) is 76.6 Å². The quantitative estimate of drug-likeness (QED) is 0.0765. The molecule has 3 aromatic carbocycles. The van der Waals surface area contributed by atoms with Gasteiger partial charge in [0.25, 0.3) is 5.91 Å². The van der Waals surface area contributed by atoms with Gasteiger partial charge in [0.1, 0.15) is 39.5 Å². The molecule has 8 heterocycles. The number of hydrogen-bond acceptors (Lipinski definition) is 14. The van der Waals surface area contributed by atoms with Crippen molar-refractivity contribution in [1.29, 1.82) is 0 Å². The first-order valence-electron chi connectivity index (χ1n) is 32.3. The van der Waals surface area contributed by atoms with E-state index in [9.17, 15) is 14.4 Å². The first-order chi connectivity index (χ1) is 43.5. The van der Waals surface area contributed by atoms with Crippen LogP contribution in [0.1, 0.15) is 201 Å². The number of anilines is 3. The molecule has 19 nitrogen and oxygen atoms in total. The van der Waals surface area contributed by atoms with Gasteiger partial charge in [-0.3, -0.25) is 4.79 Å². The molecule has 2 saturated carbocycles. The summed E-state index contributed by atoms with van der Waals surface area (Å²) in [4.78, 5) is 76.8. The fraction of sp³-hybridized carbons (Fsp3) is 0.471. The molecule has 2 aliphatic carbocycles. The zero-order valence-corrected chi connectivity index (χ0v) is 56.5. The number of nitrogens with zero attached hydrogens (tertiary/aromatic N) is 9. The smallest absolute Gasteiger partial charge is 0.410 e. The highest BCUT2D eigenvalue weighted by Crippen LogP contribution is 2.43. The number of likely N-dealkylation sites (tertiary alicyclic amines) is 2. The second-order valence-corrected chi connectivity index (χ2v) is 28.8. The summed E-state index contributed by atoms with van der Waals surface area (Å²) in [5.74, 6) is 5.42. The Hall–Kier alpha value is -7.91. The molecule has 6 atom stereocenters. The number of rotatable bonds is 12. The van der Waals surface area contributed by atoms with Crippen LogP contribution < -0.4 is 16.0 Å². The molecule has 5 fully saturated rings. The Labute approximate surface area is 546 Å². The van der Waals surface area contributed by atoms with E-state index in [4.69, 9.17) is 25.2 Å². The lowest BCUT2D eigenvalue weighted by atomic mass is 9.89. The Kier molecular flexibility index (Phi) is 19.5. The molecular formula is C70H87BrN14O5S. The highest BCUT2D eigenvalue weighted by molar-refractivity contribution is 9.10. The number of imidazole rings is 3. The van der Waals surface area contributed by atoms with Crippen LogP contribution >= 0.6 is 27.5 Å². The summed E-state index contributed by atoms with van der Waals surface area (Å²) in [7, 11) is 0. The van der Waals surface area contributed by atoms with Gasteiger partial charge in [-0.2, -0.15) is 4.37 Å². The number of aryl methyl sites for hydroxylation is 1. The van der Waals surface area contributed by atoms with Crippen LogP contribution in [0, 0.1) is 6.92 Å². The van der Waals surface area contributed by atoms with Crippen LogP contribution in [0.3, 0.4) is 0 Å². The number of nitrogens with one attached hydrogen (secondary N) is 4. The fourth-order valence-electron chi connectivity index (χ4n) is 12.7. The van der Waals surface area contributed by atoms with E-state index in [1.807, 2.05) is 95.1 Å². The van der Waals surface area contributed by atoms with Gasteiger partial charge in [0.05, 0.1) is 47.6 Å². The first-order valence-corrected chi connectivity index (χ1v) is 33.8. The molecule has 480 valence electrons. The van der Waals surface area contributed by atoms with E-state index in [0.29, 0.717) is 11.6 Å². The topological polar surface area (TPSA) is 242 Å². The number of benzene rings is 3. The minimum Gasteiger partial charge on any atom is -0.444 e. The van der Waals surface area contributed by atoms with Crippen LogP contribution in [-0.2, 0) is 9.47 Å². The van der Waals surface area contributed by atoms with Crippen molar-refractivity contribution in [1.82, 2.24) is 54.0 Å². The number of amides is 3. The average molecular weight is 1320 g/mol. The molecule has 3 saturated heterocycles. The van der Waals surface area contributed by atoms with Gasteiger partial charge in [0, 0.05) is 60.0 Å². The van der Waals surface area contributed by atoms with E-state index < -0.39 is 17.1 Å². The van der Waals surface area contributed by atoms with Gasteiger partial charge >= 0.3 is 12.2 Å². The Balaban J connectivity index is 0.000000143. The van der Waals surface area contributed by atoms with E-state index in [1.165, 1.54) is 48.3 Å². The number of piperidine rings is 3. The highest BCUT2D eigenvalue weighted by Gasteiger charge is 2.38. The Morgan fingerprint density at radius 3 is 1.40 bits per heavy atom. The number of aromatic nitrogens is 9. The molecule has 5 aromatic heterocycles. The van der Waals surface area contributed by atoms with Crippen molar-refractivity contribution in [3.8, 4) is 33.8 Å². The Morgan fingerprint density at radius 2 is 1.00 bits per heavy atom. The number of carbonyl (C=O) groups is 3. The largest absolute Gasteiger partial charge is 0.444 e. The molecule has 3 aliphatic heterocycles. The third-order valence-corrected chi connectivity index (χ3v) is 19.2. The van der Waals surface area contributed by atoms with E-state index in [2.05, 4.69) is 142 Å². The van der Waals surface area contributed by atoms with Crippen LogP contribution in [-0.4, -0.2) is 121 Å². The average Bonchev–Trinajstić information content (AvgIpc) is 1.99. The molecule has 6 N–H and O–H groups in total. The number of halogens is 1. The SMILES string of the molecule is C[C@@H]1[C@H](c2ncc(-c3ccc(Br)cc3)[nH]2)CCCN1C(=O)OC(C)(C)C.C[C@@H]1[C@H](c2ncc(-c3ccc(C4CC4)cc3)[nH]2)CCCN1C(=O)OC(C)(C)C.Cc1cc(Nc2nc(N3CCC[C@@H](c4ncc(-c5ccc(C6CC6)cc5)[nH]4)[C@H]3C)cnc2C(N)=O)sn1. The minimum atomic E-state index is -0.624. The highest BCUT2D eigenvalue weighted by atomic mass is 79.9. The van der Waals surface area contributed by atoms with Crippen molar-refractivity contribution in [3.63, 3.8) is 0 Å². The molecular weight excluding hydrogens is 1230 g/mol. The molecule has 0 radical (unpaired) electrons. The predicted octanol–water partition coefficient (Wildman–Crippen LogP) is 15.9. The van der Waals surface area contributed by atoms with Crippen molar-refractivity contribution in [2.75, 3.05) is 29.9 Å². The summed E-state index contributed by atoms with van der Waals surface area (Å²) < 4.78 is 16.5. The van der Waals surface area contributed by atoms with Crippen molar-refractivity contribution in [3.05, 3.63) is 148 Å². The van der Waals surface area contributed by atoms with Crippen molar-refractivity contribution in [2.45, 2.75) is 192 Å². The molecule has 13 rings (SSSR count). The maximum atomic E-state index is 12.6. The first kappa shape index (κ1) is 64.6. The number of carbonyl (C=O) groups excluding carboxylic acids is 3. The number of ether oxygens (including phenoxy) is 2. The number of hydrogen-bond donors (Lipinski definition) is 5. The van der Waals surface area contributed by atoms with Gasteiger partial charge in [-0.05, 0) is 203 Å². The summed E-state index contributed by atoms with van der Waals surface area (Å²) >= 11 is 4.76. The molecule has 3 amide bonds. The van der Waals surface area contributed by atoms with Crippen LogP contribution in [0.15, 0.2) is 108 Å². The summed E-state index contributed by atoms with van der Waals surface area (Å²) in [5.41, 5.74) is 15.0. The minimum absolute atomic E-state index is 0.0440. The number of primary amides is 1. The standard InChI is InChI=1S/C27H30N8OS.C23H31N3O2.C20H26BrN3O2/c1-15-12-23(37-34-15)33-27-24(25(28)36)29-14-22(32-27)35-11-3-4-20(16(35)2)26-30-13-21(31-26)19-9-7-18(8-10-19)17-5-6-17;1-15-19(6-5-13-26(15)22(27)28-23(2,3)4)21-24-14-20(25-21)18-11-9-17(10-12-18)16-7-8-16;1-13-16(6-5-11-24(13)19(25)26-20(2,3)4)18-22-12-17(23-18)14-7-9-15(21)10-8-14/h7-10,12-14,16-17,20H,3-6,11H2,1-2H3,(H2,28,36)(H,30,31)(H,32,33);9-12,14-16,19H,5-8,13H2,1-4H3,(H,24,25);7-10,12-13,16H,5-6,11H2,1-4H3,(H,22,23)/t16-,20-;15-,19-;13-,16-/m111/s1. The lowest BCUT2D eigenvalue weighted by Gasteiger charge is -2.39. The number of aromatic amines is 3. The molecule has 0 spiro atoms. The molecule has 91 heavy (non-hydrogen) atoms. The third kappa shape index (κ3) is 16.1. The van der Waals surface area contributed by atoms with E-state index in [0.717, 1.165) is 136 Å². The van der Waals surface area contributed by atoms with Crippen LogP contribution in [0.25, 0.3) is 33.8 Å². The zero-order chi connectivity index (χ0) is 64.3. The maximum Gasteiger partial charge on any atom is 0.410 e. The van der Waals surface area contributed by atoms with E-state index in [-0.39, 0.29) is 53.8 Å². The number of H-pyrrole nitrogens is 3. The van der Waals surface area contributed by atoms with Gasteiger partial charge in [0.15, 0.2) is 11.5 Å². The summed E-state index contributed by atoms with van der Waals surface area (Å²) in [6.45, 7) is 22.0. The molecule has 5 aliphatic rings. The fourth-order valence-corrected chi connectivity index (χ4v) is 13.6. The Bertz CT molecular complexity index is 3780. The van der Waals surface area contributed by atoms with Crippen molar-refractivity contribution in [2.24, 2.45) is 5.73 Å². The van der Waals surface area contributed by atoms with Crippen LogP contribution in [0.4, 0.5) is 26.2 Å². The lowest BCUT2D eigenvalue weighted by molar-refractivity contribution is 0.00750. The van der Waals surface area contributed by atoms with Gasteiger partial charge in [-0.25, -0.2) is 34.5 Å². The van der Waals surface area contributed by atoms with Crippen molar-refractivity contribution >= 4 is 62.2 Å². The van der Waals surface area contributed by atoms with Gasteiger partial charge in [-0.15, -0.1) is 0 Å². The monoisotopic (exact) mass is 1310 g/mol. The second-order valence-electron chi connectivity index (χ2n) is 27.1. The molecule has 8 aromatic rings. The van der Waals surface area contributed by atoms with Crippen LogP contribution in [0.5, 0.6) is 0 Å². The third-order valence-electron chi connectivity index (χ3n) is 17.9. The van der Waals surface area contributed by atoms with Gasteiger partial charge in [0.2, 0.25) is 0 Å². The van der Waals surface area contributed by atoms with Crippen molar-refractivity contribution < 1.29 is 23.9 Å². The summed E-state index contributed by atoms with van der Waals surface area (Å²) in [6.07, 6.45) is 18.1. The maximum absolute atomic E-state index is 12.6. The zero-order valence-electron chi connectivity index (χ0n) is 54.1. The Morgan fingerprint density at radius 1 is 0.582 bits per heavy atom. The summed E-state index contributed by atoms with van der Waals surface area (Å²) in [6, 6.07) is 28.0. The summed E-state index contributed by atoms with van der Waals surface area (Å²) in [5, 5.41) is 3.97. The van der Waals surface area contributed by atoms with Crippen LogP contribution in [0.2, 0.25) is 0 Å². The molecule has 0 unspecified atom stereocenters. The normalized spacial score (nSPS) is 21.0. The van der Waals surface area contributed by atoms with E-state index >= 15 is 0 Å². The molecule has 0 bridgehead atoms. The lowest BCUT2D eigenvalue weighted by Crippen LogP contribution is -2.48. The predicted molar refractivity (Wildman–Crippen MR) is 362 cm³/mol. The number of nitrogens with two attached hydrogens (primary N) is 1.